The van der Waals surface area contributed by atoms with E-state index < -0.39 is 0 Å². The SMILES string of the molecule is CC(CCN)c1ccc(-c2ccc(Cl)c(Cl)c2)o1. The van der Waals surface area contributed by atoms with E-state index in [1.54, 1.807) is 12.1 Å². The molecule has 0 amide bonds. The first-order chi connectivity index (χ1) is 8.61. The molecule has 0 aliphatic heterocycles. The third kappa shape index (κ3) is 2.89. The highest BCUT2D eigenvalue weighted by atomic mass is 35.5. The molecule has 0 bridgehead atoms. The minimum atomic E-state index is 0.325. The summed E-state index contributed by atoms with van der Waals surface area (Å²) in [6.07, 6.45) is 0.911. The highest BCUT2D eigenvalue weighted by Crippen LogP contribution is 2.31. The minimum absolute atomic E-state index is 0.325. The third-order valence-electron chi connectivity index (χ3n) is 2.92. The topological polar surface area (TPSA) is 39.2 Å². The maximum Gasteiger partial charge on any atom is 0.134 e. The first-order valence-electron chi connectivity index (χ1n) is 5.87. The molecule has 1 atom stereocenters. The van der Waals surface area contributed by atoms with E-state index in [9.17, 15) is 0 Å². The fourth-order valence-electron chi connectivity index (χ4n) is 1.81. The van der Waals surface area contributed by atoms with Crippen molar-refractivity contribution in [3.63, 3.8) is 0 Å². The average Bonchev–Trinajstić information content (AvgIpc) is 2.82. The minimum Gasteiger partial charge on any atom is -0.461 e. The van der Waals surface area contributed by atoms with Gasteiger partial charge < -0.3 is 10.2 Å². The normalized spacial score (nSPS) is 12.7. The van der Waals surface area contributed by atoms with Crippen LogP contribution in [0.5, 0.6) is 0 Å². The molecule has 1 heterocycles. The Morgan fingerprint density at radius 3 is 2.61 bits per heavy atom. The first-order valence-corrected chi connectivity index (χ1v) is 6.62. The molecule has 0 aliphatic rings. The fourth-order valence-corrected chi connectivity index (χ4v) is 2.11. The maximum absolute atomic E-state index is 5.99. The van der Waals surface area contributed by atoms with Gasteiger partial charge in [-0.3, -0.25) is 0 Å². The summed E-state index contributed by atoms with van der Waals surface area (Å²) in [7, 11) is 0. The summed E-state index contributed by atoms with van der Waals surface area (Å²) < 4.78 is 5.82. The summed E-state index contributed by atoms with van der Waals surface area (Å²) >= 11 is 11.9. The van der Waals surface area contributed by atoms with Crippen molar-refractivity contribution >= 4 is 23.2 Å². The Bertz CT molecular complexity index is 536. The van der Waals surface area contributed by atoms with Crippen molar-refractivity contribution in [1.29, 1.82) is 0 Å². The van der Waals surface area contributed by atoms with Crippen molar-refractivity contribution in [3.05, 3.63) is 46.1 Å². The summed E-state index contributed by atoms with van der Waals surface area (Å²) in [5, 5.41) is 1.07. The predicted molar refractivity (Wildman–Crippen MR) is 76.3 cm³/mol. The second-order valence-corrected chi connectivity index (χ2v) is 5.12. The van der Waals surface area contributed by atoms with E-state index in [0.29, 0.717) is 22.5 Å². The Balaban J connectivity index is 2.26. The third-order valence-corrected chi connectivity index (χ3v) is 3.66. The standard InChI is InChI=1S/C14H15Cl2NO/c1-9(6-7-17)13-4-5-14(18-13)10-2-3-11(15)12(16)8-10/h2-5,8-9H,6-7,17H2,1H3. The summed E-state index contributed by atoms with van der Waals surface area (Å²) in [6.45, 7) is 2.76. The lowest BCUT2D eigenvalue weighted by molar-refractivity contribution is 0.474. The van der Waals surface area contributed by atoms with Gasteiger partial charge in [-0.1, -0.05) is 30.1 Å². The van der Waals surface area contributed by atoms with E-state index in [4.69, 9.17) is 33.4 Å². The molecular weight excluding hydrogens is 269 g/mol. The zero-order valence-corrected chi connectivity index (χ0v) is 11.6. The number of hydrogen-bond acceptors (Lipinski definition) is 2. The Labute approximate surface area is 117 Å². The molecule has 18 heavy (non-hydrogen) atoms. The zero-order valence-electron chi connectivity index (χ0n) is 10.1. The molecule has 4 heteroatoms. The highest BCUT2D eigenvalue weighted by molar-refractivity contribution is 6.42. The van der Waals surface area contributed by atoms with Crippen molar-refractivity contribution in [2.24, 2.45) is 5.73 Å². The van der Waals surface area contributed by atoms with Crippen LogP contribution in [0.3, 0.4) is 0 Å². The molecule has 0 radical (unpaired) electrons. The molecule has 2 nitrogen and oxygen atoms in total. The van der Waals surface area contributed by atoms with Gasteiger partial charge in [0, 0.05) is 11.5 Å². The lowest BCUT2D eigenvalue weighted by Crippen LogP contribution is -2.03. The van der Waals surface area contributed by atoms with Gasteiger partial charge in [-0.2, -0.15) is 0 Å². The number of rotatable bonds is 4. The van der Waals surface area contributed by atoms with Gasteiger partial charge in [-0.05, 0) is 43.3 Å². The quantitative estimate of drug-likeness (QED) is 0.883. The van der Waals surface area contributed by atoms with Crippen LogP contribution >= 0.6 is 23.2 Å². The van der Waals surface area contributed by atoms with Crippen LogP contribution in [0.4, 0.5) is 0 Å². The van der Waals surface area contributed by atoms with E-state index >= 15 is 0 Å². The second-order valence-electron chi connectivity index (χ2n) is 4.31. The summed E-state index contributed by atoms with van der Waals surface area (Å²) in [4.78, 5) is 0. The van der Waals surface area contributed by atoms with Crippen LogP contribution in [0.1, 0.15) is 25.0 Å². The van der Waals surface area contributed by atoms with Gasteiger partial charge in [0.1, 0.15) is 11.5 Å². The molecule has 0 spiro atoms. The van der Waals surface area contributed by atoms with Crippen molar-refractivity contribution < 1.29 is 4.42 Å². The molecule has 0 aliphatic carbocycles. The Hall–Kier alpha value is -0.960. The largest absolute Gasteiger partial charge is 0.461 e. The zero-order chi connectivity index (χ0) is 13.1. The van der Waals surface area contributed by atoms with Crippen LogP contribution in [-0.2, 0) is 0 Å². The van der Waals surface area contributed by atoms with Gasteiger partial charge in [-0.15, -0.1) is 0 Å². The molecule has 2 N–H and O–H groups in total. The van der Waals surface area contributed by atoms with E-state index in [1.165, 1.54) is 0 Å². The molecule has 0 saturated heterocycles. The van der Waals surface area contributed by atoms with Gasteiger partial charge in [-0.25, -0.2) is 0 Å². The molecule has 0 saturated carbocycles. The predicted octanol–water partition coefficient (Wildman–Crippen LogP) is 4.71. The van der Waals surface area contributed by atoms with Gasteiger partial charge in [0.15, 0.2) is 0 Å². The van der Waals surface area contributed by atoms with Gasteiger partial charge in [0.2, 0.25) is 0 Å². The number of halogens is 2. The summed E-state index contributed by atoms with van der Waals surface area (Å²) in [6, 6.07) is 9.40. The van der Waals surface area contributed by atoms with Gasteiger partial charge in [0.25, 0.3) is 0 Å². The Kier molecular flexibility index (Phi) is 4.33. The monoisotopic (exact) mass is 283 g/mol. The lowest BCUT2D eigenvalue weighted by Gasteiger charge is -2.06. The maximum atomic E-state index is 5.99. The van der Waals surface area contributed by atoms with Crippen molar-refractivity contribution in [3.8, 4) is 11.3 Å². The second kappa shape index (κ2) is 5.79. The van der Waals surface area contributed by atoms with E-state index in [0.717, 1.165) is 23.5 Å². The van der Waals surface area contributed by atoms with Crippen LogP contribution in [0, 0.1) is 0 Å². The van der Waals surface area contributed by atoms with Crippen molar-refractivity contribution in [2.75, 3.05) is 6.54 Å². The van der Waals surface area contributed by atoms with Crippen LogP contribution < -0.4 is 5.73 Å². The molecule has 1 aromatic heterocycles. The van der Waals surface area contributed by atoms with Gasteiger partial charge in [0.05, 0.1) is 10.0 Å². The first kappa shape index (κ1) is 13.5. The van der Waals surface area contributed by atoms with Crippen LogP contribution in [0.2, 0.25) is 10.0 Å². The molecule has 2 aromatic rings. The summed E-state index contributed by atoms with van der Waals surface area (Å²) in [5.74, 6) is 2.07. The molecule has 2 rings (SSSR count). The average molecular weight is 284 g/mol. The van der Waals surface area contributed by atoms with E-state index in [-0.39, 0.29) is 0 Å². The number of furan rings is 1. The van der Waals surface area contributed by atoms with Crippen LogP contribution in [0.15, 0.2) is 34.7 Å². The molecule has 1 aromatic carbocycles. The Morgan fingerprint density at radius 1 is 1.17 bits per heavy atom. The van der Waals surface area contributed by atoms with Gasteiger partial charge >= 0.3 is 0 Å². The Morgan fingerprint density at radius 2 is 1.94 bits per heavy atom. The van der Waals surface area contributed by atoms with E-state index in [1.807, 2.05) is 18.2 Å². The molecule has 96 valence electrons. The highest BCUT2D eigenvalue weighted by Gasteiger charge is 2.11. The van der Waals surface area contributed by atoms with E-state index in [2.05, 4.69) is 6.92 Å². The number of hydrogen-bond donors (Lipinski definition) is 1. The molecule has 1 unspecified atom stereocenters. The van der Waals surface area contributed by atoms with Crippen LogP contribution in [0.25, 0.3) is 11.3 Å². The van der Waals surface area contributed by atoms with Crippen molar-refractivity contribution in [2.45, 2.75) is 19.3 Å². The fraction of sp³-hybridized carbons (Fsp3) is 0.286. The lowest BCUT2D eigenvalue weighted by atomic mass is 10.1. The number of nitrogens with two attached hydrogens (primary N) is 1. The molecular formula is C14H15Cl2NO. The smallest absolute Gasteiger partial charge is 0.134 e. The number of benzene rings is 1. The van der Waals surface area contributed by atoms with Crippen molar-refractivity contribution in [1.82, 2.24) is 0 Å². The van der Waals surface area contributed by atoms with Crippen LogP contribution in [-0.4, -0.2) is 6.54 Å². The summed E-state index contributed by atoms with van der Waals surface area (Å²) in [5.41, 5.74) is 6.47. The molecule has 0 fully saturated rings.